The van der Waals surface area contributed by atoms with Crippen LogP contribution in [0.3, 0.4) is 0 Å². The summed E-state index contributed by atoms with van der Waals surface area (Å²) in [6.45, 7) is 9.18. The van der Waals surface area contributed by atoms with Crippen molar-refractivity contribution in [3.05, 3.63) is 0 Å². The highest BCUT2D eigenvalue weighted by atomic mass is 15.4. The minimum absolute atomic E-state index is 0.425. The molecule has 0 aromatic carbocycles. The zero-order valence-electron chi connectivity index (χ0n) is 8.97. The van der Waals surface area contributed by atoms with Crippen LogP contribution in [0, 0.1) is 0 Å². The average molecular weight is 185 g/mol. The van der Waals surface area contributed by atoms with Crippen molar-refractivity contribution in [2.45, 2.75) is 39.4 Å². The first-order valence-corrected chi connectivity index (χ1v) is 5.59. The molecule has 0 unspecified atom stereocenters. The van der Waals surface area contributed by atoms with Crippen LogP contribution in [-0.4, -0.2) is 37.4 Å². The molecule has 0 radical (unpaired) electrons. The highest BCUT2D eigenvalue weighted by Gasteiger charge is 2.17. The topological polar surface area (TPSA) is 27.3 Å². The lowest BCUT2D eigenvalue weighted by Crippen LogP contribution is -2.58. The first kappa shape index (κ1) is 11.0. The average Bonchev–Trinajstić information content (AvgIpc) is 2.19. The molecule has 0 amide bonds. The first-order valence-electron chi connectivity index (χ1n) is 5.59. The maximum absolute atomic E-state index is 3.50. The van der Waals surface area contributed by atoms with Crippen LogP contribution in [0.2, 0.25) is 0 Å². The van der Waals surface area contributed by atoms with Crippen LogP contribution in [0.25, 0.3) is 0 Å². The van der Waals surface area contributed by atoms with Gasteiger partial charge in [0.25, 0.3) is 0 Å². The van der Waals surface area contributed by atoms with E-state index in [1.165, 1.54) is 32.4 Å². The van der Waals surface area contributed by atoms with E-state index in [9.17, 15) is 0 Å². The van der Waals surface area contributed by atoms with Crippen molar-refractivity contribution in [2.75, 3.05) is 26.2 Å². The highest BCUT2D eigenvalue weighted by molar-refractivity contribution is 4.71. The van der Waals surface area contributed by atoms with Crippen molar-refractivity contribution in [1.82, 2.24) is 15.5 Å². The second kappa shape index (κ2) is 6.35. The van der Waals surface area contributed by atoms with Crippen LogP contribution < -0.4 is 10.6 Å². The predicted molar refractivity (Wildman–Crippen MR) is 56.6 cm³/mol. The molecule has 1 heterocycles. The molecule has 1 aliphatic heterocycles. The molecule has 0 atom stereocenters. The van der Waals surface area contributed by atoms with Crippen LogP contribution in [0.1, 0.15) is 33.1 Å². The molecule has 2 N–H and O–H groups in total. The van der Waals surface area contributed by atoms with E-state index in [0.29, 0.717) is 6.29 Å². The summed E-state index contributed by atoms with van der Waals surface area (Å²) in [7, 11) is 0. The Labute approximate surface area is 81.9 Å². The van der Waals surface area contributed by atoms with Gasteiger partial charge in [-0.3, -0.25) is 15.5 Å². The van der Waals surface area contributed by atoms with Crippen molar-refractivity contribution in [3.63, 3.8) is 0 Å². The van der Waals surface area contributed by atoms with Gasteiger partial charge in [0.15, 0.2) is 0 Å². The lowest BCUT2D eigenvalue weighted by molar-refractivity contribution is 0.119. The molecule has 0 aliphatic carbocycles. The zero-order chi connectivity index (χ0) is 9.52. The molecule has 78 valence electrons. The van der Waals surface area contributed by atoms with Gasteiger partial charge in [0.05, 0.1) is 0 Å². The normalized spacial score (nSPS) is 19.6. The first-order chi connectivity index (χ1) is 6.38. The Balaban J connectivity index is 2.32. The third-order valence-corrected chi connectivity index (χ3v) is 2.42. The summed E-state index contributed by atoms with van der Waals surface area (Å²) in [5.74, 6) is 0. The second-order valence-electron chi connectivity index (χ2n) is 3.70. The maximum Gasteiger partial charge on any atom is 0.114 e. The van der Waals surface area contributed by atoms with Crippen molar-refractivity contribution < 1.29 is 0 Å². The summed E-state index contributed by atoms with van der Waals surface area (Å²) >= 11 is 0. The third kappa shape index (κ3) is 3.63. The molecule has 1 saturated heterocycles. The fourth-order valence-electron chi connectivity index (χ4n) is 1.84. The van der Waals surface area contributed by atoms with Crippen molar-refractivity contribution in [3.8, 4) is 0 Å². The van der Waals surface area contributed by atoms with E-state index in [0.717, 1.165) is 13.1 Å². The van der Waals surface area contributed by atoms with Crippen molar-refractivity contribution >= 4 is 0 Å². The quantitative estimate of drug-likeness (QED) is 0.668. The summed E-state index contributed by atoms with van der Waals surface area (Å²) in [4.78, 5) is 2.50. The van der Waals surface area contributed by atoms with Crippen LogP contribution in [-0.2, 0) is 0 Å². The molecule has 3 heteroatoms. The molecule has 0 saturated carbocycles. The van der Waals surface area contributed by atoms with E-state index in [-0.39, 0.29) is 0 Å². The van der Waals surface area contributed by atoms with Gasteiger partial charge in [-0.2, -0.15) is 0 Å². The van der Waals surface area contributed by atoms with Gasteiger partial charge in [0.2, 0.25) is 0 Å². The largest absolute Gasteiger partial charge is 0.289 e. The molecule has 0 spiro atoms. The Morgan fingerprint density at radius 2 is 1.62 bits per heavy atom. The molecular weight excluding hydrogens is 162 g/mol. The molecule has 0 aromatic heterocycles. The number of nitrogens with zero attached hydrogens (tertiary/aromatic N) is 1. The van der Waals surface area contributed by atoms with Gasteiger partial charge in [0.1, 0.15) is 6.29 Å². The molecule has 1 fully saturated rings. The summed E-state index contributed by atoms with van der Waals surface area (Å²) in [5, 5.41) is 7.01. The Bertz CT molecular complexity index is 115. The lowest BCUT2D eigenvalue weighted by atomic mass is 10.3. The highest BCUT2D eigenvalue weighted by Crippen LogP contribution is 2.00. The van der Waals surface area contributed by atoms with E-state index in [2.05, 4.69) is 29.4 Å². The molecule has 3 nitrogen and oxygen atoms in total. The number of rotatable bonds is 5. The molecule has 0 aromatic rings. The fraction of sp³-hybridized carbons (Fsp3) is 1.00. The summed E-state index contributed by atoms with van der Waals surface area (Å²) < 4.78 is 0. The number of hydrogen-bond acceptors (Lipinski definition) is 3. The summed E-state index contributed by atoms with van der Waals surface area (Å²) in [6, 6.07) is 0. The van der Waals surface area contributed by atoms with E-state index in [4.69, 9.17) is 0 Å². The van der Waals surface area contributed by atoms with Gasteiger partial charge in [-0.1, -0.05) is 13.8 Å². The SMILES string of the molecule is CCCN(CCC)C1NCCCN1. The molecule has 1 aliphatic rings. The maximum atomic E-state index is 3.50. The zero-order valence-corrected chi connectivity index (χ0v) is 8.97. The fourth-order valence-corrected chi connectivity index (χ4v) is 1.84. The van der Waals surface area contributed by atoms with Gasteiger partial charge < -0.3 is 0 Å². The van der Waals surface area contributed by atoms with E-state index < -0.39 is 0 Å². The van der Waals surface area contributed by atoms with E-state index in [1.54, 1.807) is 0 Å². The number of nitrogens with one attached hydrogen (secondary N) is 2. The van der Waals surface area contributed by atoms with Crippen molar-refractivity contribution in [2.24, 2.45) is 0 Å². The third-order valence-electron chi connectivity index (χ3n) is 2.42. The van der Waals surface area contributed by atoms with Crippen molar-refractivity contribution in [1.29, 1.82) is 0 Å². The van der Waals surface area contributed by atoms with Crippen LogP contribution in [0.4, 0.5) is 0 Å². The Morgan fingerprint density at radius 1 is 1.08 bits per heavy atom. The second-order valence-corrected chi connectivity index (χ2v) is 3.70. The lowest BCUT2D eigenvalue weighted by Gasteiger charge is -2.35. The van der Waals surface area contributed by atoms with Gasteiger partial charge in [0, 0.05) is 13.1 Å². The Hall–Kier alpha value is -0.120. The van der Waals surface area contributed by atoms with Crippen LogP contribution in [0.5, 0.6) is 0 Å². The Kier molecular flexibility index (Phi) is 5.35. The minimum atomic E-state index is 0.425. The molecule has 0 bridgehead atoms. The molecule has 13 heavy (non-hydrogen) atoms. The monoisotopic (exact) mass is 185 g/mol. The smallest absolute Gasteiger partial charge is 0.114 e. The summed E-state index contributed by atoms with van der Waals surface area (Å²) in [6.07, 6.45) is 4.15. The molecule has 1 rings (SSSR count). The van der Waals surface area contributed by atoms with Gasteiger partial charge in [-0.15, -0.1) is 0 Å². The van der Waals surface area contributed by atoms with Crippen LogP contribution >= 0.6 is 0 Å². The van der Waals surface area contributed by atoms with E-state index in [1.807, 2.05) is 0 Å². The Morgan fingerprint density at radius 3 is 2.08 bits per heavy atom. The molecular formula is C10H23N3. The van der Waals surface area contributed by atoms with Gasteiger partial charge in [-0.05, 0) is 32.4 Å². The van der Waals surface area contributed by atoms with Gasteiger partial charge >= 0.3 is 0 Å². The van der Waals surface area contributed by atoms with Gasteiger partial charge in [-0.25, -0.2) is 0 Å². The standard InChI is InChI=1S/C10H23N3/c1-3-8-13(9-4-2)10-11-6-5-7-12-10/h10-12H,3-9H2,1-2H3. The predicted octanol–water partition coefficient (Wildman–Crippen LogP) is 0.975. The van der Waals surface area contributed by atoms with Crippen LogP contribution in [0.15, 0.2) is 0 Å². The van der Waals surface area contributed by atoms with E-state index >= 15 is 0 Å². The summed E-state index contributed by atoms with van der Waals surface area (Å²) in [5.41, 5.74) is 0. The minimum Gasteiger partial charge on any atom is -0.289 e. The number of hydrogen-bond donors (Lipinski definition) is 2.